The van der Waals surface area contributed by atoms with E-state index in [1.165, 1.54) is 5.56 Å². The number of piperazine rings is 1. The number of carbonyl (C=O) groups excluding carboxylic acids is 1. The Hall–Kier alpha value is -4.66. The second-order valence-corrected chi connectivity index (χ2v) is 10.5. The van der Waals surface area contributed by atoms with Gasteiger partial charge in [-0.25, -0.2) is 4.98 Å². The number of anilines is 1. The predicted molar refractivity (Wildman–Crippen MR) is 161 cm³/mol. The molecule has 0 spiro atoms. The van der Waals surface area contributed by atoms with Gasteiger partial charge in [0.1, 0.15) is 23.9 Å². The van der Waals surface area contributed by atoms with Crippen LogP contribution < -0.4 is 10.1 Å². The highest BCUT2D eigenvalue weighted by atomic mass is 16.5. The van der Waals surface area contributed by atoms with Gasteiger partial charge in [0, 0.05) is 50.0 Å². The molecule has 0 unspecified atom stereocenters. The van der Waals surface area contributed by atoms with Crippen molar-refractivity contribution < 1.29 is 14.6 Å². The van der Waals surface area contributed by atoms with Crippen molar-refractivity contribution in [2.75, 3.05) is 38.5 Å². The summed E-state index contributed by atoms with van der Waals surface area (Å²) in [5.74, 6) is 0.944. The first-order valence-corrected chi connectivity index (χ1v) is 13.8. The molecule has 0 atom stereocenters. The molecule has 6 rings (SSSR count). The third kappa shape index (κ3) is 6.40. The largest absolute Gasteiger partial charge is 0.507 e. The molecule has 41 heavy (non-hydrogen) atoms. The minimum absolute atomic E-state index is 0.0589. The van der Waals surface area contributed by atoms with Crippen LogP contribution in [0.5, 0.6) is 11.5 Å². The molecule has 2 heterocycles. The molecule has 1 aliphatic heterocycles. The summed E-state index contributed by atoms with van der Waals surface area (Å²) < 4.78 is 5.82. The monoisotopic (exact) mass is 547 g/mol. The molecule has 1 aromatic heterocycles. The summed E-state index contributed by atoms with van der Waals surface area (Å²) in [5, 5.41) is 13.7. The number of phenolic OH excluding ortho intramolecular Hbond substituents is 1. The number of hydrogen-bond donors (Lipinski definition) is 3. The molecule has 0 saturated carbocycles. The van der Waals surface area contributed by atoms with E-state index in [1.54, 1.807) is 36.4 Å². The van der Waals surface area contributed by atoms with Gasteiger partial charge in [0.15, 0.2) is 0 Å². The Balaban J connectivity index is 1.10. The number of ether oxygens (including phenoxy) is 1. The van der Waals surface area contributed by atoms with Gasteiger partial charge in [0.2, 0.25) is 0 Å². The minimum atomic E-state index is -0.197. The Morgan fingerprint density at radius 3 is 2.46 bits per heavy atom. The van der Waals surface area contributed by atoms with Crippen LogP contribution in [0.1, 0.15) is 21.5 Å². The number of amides is 1. The first kappa shape index (κ1) is 26.6. The first-order valence-electron chi connectivity index (χ1n) is 13.8. The van der Waals surface area contributed by atoms with Crippen LogP contribution in [-0.2, 0) is 13.2 Å². The maximum atomic E-state index is 13.0. The lowest BCUT2D eigenvalue weighted by molar-refractivity contribution is 0.102. The van der Waals surface area contributed by atoms with Crippen LogP contribution in [0.15, 0.2) is 91.0 Å². The van der Waals surface area contributed by atoms with Crippen LogP contribution >= 0.6 is 0 Å². The molecule has 8 heteroatoms. The van der Waals surface area contributed by atoms with Crippen molar-refractivity contribution >= 4 is 22.6 Å². The van der Waals surface area contributed by atoms with Gasteiger partial charge in [-0.1, -0.05) is 42.5 Å². The minimum Gasteiger partial charge on any atom is -0.507 e. The van der Waals surface area contributed by atoms with Crippen molar-refractivity contribution in [3.63, 3.8) is 0 Å². The number of aromatic amines is 1. The third-order valence-electron chi connectivity index (χ3n) is 7.43. The summed E-state index contributed by atoms with van der Waals surface area (Å²) in [5.41, 5.74) is 5.51. The number of nitrogens with zero attached hydrogens (tertiary/aromatic N) is 3. The SMILES string of the molecule is CN1CCN(Cc2ccc(NC(=O)c3ccc4nc(-c5ccc(OCc6ccccc6)cc5O)[nH]c4c3)cc2)CC1. The molecule has 0 aliphatic carbocycles. The zero-order valence-corrected chi connectivity index (χ0v) is 23.0. The summed E-state index contributed by atoms with van der Waals surface area (Å²) >= 11 is 0. The lowest BCUT2D eigenvalue weighted by atomic mass is 10.1. The Bertz CT molecular complexity index is 1640. The molecule has 208 valence electrons. The van der Waals surface area contributed by atoms with E-state index in [0.29, 0.717) is 40.3 Å². The molecular weight excluding hydrogens is 514 g/mol. The van der Waals surface area contributed by atoms with Gasteiger partial charge >= 0.3 is 0 Å². The van der Waals surface area contributed by atoms with Gasteiger partial charge in [-0.2, -0.15) is 0 Å². The number of H-pyrrole nitrogens is 1. The van der Waals surface area contributed by atoms with E-state index in [-0.39, 0.29) is 11.7 Å². The van der Waals surface area contributed by atoms with E-state index in [9.17, 15) is 9.90 Å². The van der Waals surface area contributed by atoms with Crippen molar-refractivity contribution in [3.8, 4) is 22.9 Å². The van der Waals surface area contributed by atoms with E-state index in [0.717, 1.165) is 44.0 Å². The van der Waals surface area contributed by atoms with Crippen LogP contribution in [-0.4, -0.2) is 64.0 Å². The van der Waals surface area contributed by atoms with Crippen LogP contribution in [0.25, 0.3) is 22.4 Å². The smallest absolute Gasteiger partial charge is 0.255 e. The zero-order chi connectivity index (χ0) is 28.2. The van der Waals surface area contributed by atoms with Crippen LogP contribution in [0, 0.1) is 0 Å². The molecule has 0 radical (unpaired) electrons. The molecule has 4 aromatic carbocycles. The second-order valence-electron chi connectivity index (χ2n) is 10.5. The number of imidazole rings is 1. The van der Waals surface area contributed by atoms with Crippen molar-refractivity contribution in [1.29, 1.82) is 0 Å². The summed E-state index contributed by atoms with van der Waals surface area (Å²) in [6, 6.07) is 28.4. The Kier molecular flexibility index (Phi) is 7.67. The summed E-state index contributed by atoms with van der Waals surface area (Å²) in [7, 11) is 2.16. The molecule has 1 aliphatic rings. The number of likely N-dealkylation sites (N-methyl/N-ethyl adjacent to an activating group) is 1. The Morgan fingerprint density at radius 2 is 1.71 bits per heavy atom. The Labute approximate surface area is 239 Å². The number of rotatable bonds is 8. The number of hydrogen-bond acceptors (Lipinski definition) is 6. The highest BCUT2D eigenvalue weighted by molar-refractivity contribution is 6.06. The number of benzene rings is 4. The lowest BCUT2D eigenvalue weighted by Crippen LogP contribution is -2.43. The van der Waals surface area contributed by atoms with Gasteiger partial charge < -0.3 is 25.0 Å². The molecule has 5 aromatic rings. The number of aromatic hydroxyl groups is 1. The fourth-order valence-corrected chi connectivity index (χ4v) is 4.98. The number of carbonyl (C=O) groups is 1. The van der Waals surface area contributed by atoms with Gasteiger partial charge in [0.05, 0.1) is 16.6 Å². The van der Waals surface area contributed by atoms with E-state index in [2.05, 4.69) is 44.3 Å². The molecule has 1 saturated heterocycles. The normalized spacial score (nSPS) is 14.3. The average Bonchev–Trinajstić information content (AvgIpc) is 3.42. The number of aromatic nitrogens is 2. The van der Waals surface area contributed by atoms with Crippen molar-refractivity contribution in [2.24, 2.45) is 0 Å². The molecule has 3 N–H and O–H groups in total. The van der Waals surface area contributed by atoms with Crippen molar-refractivity contribution in [1.82, 2.24) is 19.8 Å². The highest BCUT2D eigenvalue weighted by Crippen LogP contribution is 2.32. The van der Waals surface area contributed by atoms with Gasteiger partial charge in [-0.15, -0.1) is 0 Å². The zero-order valence-electron chi connectivity index (χ0n) is 23.0. The fourth-order valence-electron chi connectivity index (χ4n) is 4.98. The molecular formula is C33H33N5O3. The maximum absolute atomic E-state index is 13.0. The summed E-state index contributed by atoms with van der Waals surface area (Å²) in [6.45, 7) is 5.65. The molecule has 8 nitrogen and oxygen atoms in total. The number of fused-ring (bicyclic) bond motifs is 1. The van der Waals surface area contributed by atoms with Crippen LogP contribution in [0.3, 0.4) is 0 Å². The average molecular weight is 548 g/mol. The first-order chi connectivity index (χ1) is 20.0. The van der Waals surface area contributed by atoms with Gasteiger partial charge in [-0.3, -0.25) is 9.69 Å². The molecule has 1 fully saturated rings. The summed E-state index contributed by atoms with van der Waals surface area (Å²) in [4.78, 5) is 25.7. The maximum Gasteiger partial charge on any atom is 0.255 e. The van der Waals surface area contributed by atoms with Gasteiger partial charge in [-0.05, 0) is 60.6 Å². The molecule has 1 amide bonds. The van der Waals surface area contributed by atoms with E-state index in [1.807, 2.05) is 42.5 Å². The van der Waals surface area contributed by atoms with Gasteiger partial charge in [0.25, 0.3) is 5.91 Å². The van der Waals surface area contributed by atoms with E-state index in [4.69, 9.17) is 4.74 Å². The molecule has 0 bridgehead atoms. The predicted octanol–water partition coefficient (Wildman–Crippen LogP) is 5.51. The lowest BCUT2D eigenvalue weighted by Gasteiger charge is -2.32. The third-order valence-corrected chi connectivity index (χ3v) is 7.43. The second kappa shape index (κ2) is 11.8. The topological polar surface area (TPSA) is 93.7 Å². The van der Waals surface area contributed by atoms with Crippen molar-refractivity contribution in [3.05, 3.63) is 108 Å². The van der Waals surface area contributed by atoms with Crippen molar-refractivity contribution in [2.45, 2.75) is 13.2 Å². The fraction of sp³-hybridized carbons (Fsp3) is 0.212. The van der Waals surface area contributed by atoms with E-state index >= 15 is 0 Å². The number of phenols is 1. The summed E-state index contributed by atoms with van der Waals surface area (Å²) in [6.07, 6.45) is 0. The van der Waals surface area contributed by atoms with Crippen LogP contribution in [0.4, 0.5) is 5.69 Å². The standard InChI is InChI=1S/C33H33N5O3/c1-37-15-17-38(18-16-37)21-23-7-10-26(11-8-23)34-33(40)25-9-14-29-30(19-25)36-32(35-29)28-13-12-27(20-31(28)39)41-22-24-5-3-2-4-6-24/h2-14,19-20,39H,15-18,21-22H2,1H3,(H,34,40)(H,35,36). The quantitative estimate of drug-likeness (QED) is 0.237. The highest BCUT2D eigenvalue weighted by Gasteiger charge is 2.15. The van der Waals surface area contributed by atoms with Crippen LogP contribution in [0.2, 0.25) is 0 Å². The Morgan fingerprint density at radius 1 is 0.927 bits per heavy atom. The van der Waals surface area contributed by atoms with E-state index < -0.39 is 0 Å². The number of nitrogens with one attached hydrogen (secondary N) is 2.